The molecule has 17 heavy (non-hydrogen) atoms. The zero-order chi connectivity index (χ0) is 12.5. The van der Waals surface area contributed by atoms with Crippen LogP contribution in [0.1, 0.15) is 38.2 Å². The summed E-state index contributed by atoms with van der Waals surface area (Å²) >= 11 is 1.36. The zero-order valence-electron chi connectivity index (χ0n) is 10.4. The SMILES string of the molecule is Cc1cnc(CNc2nc(C(C)(C)C)ns2)o1. The van der Waals surface area contributed by atoms with Gasteiger partial charge in [-0.25, -0.2) is 9.97 Å². The van der Waals surface area contributed by atoms with E-state index in [1.165, 1.54) is 11.5 Å². The minimum atomic E-state index is -0.0179. The van der Waals surface area contributed by atoms with Crippen molar-refractivity contribution in [3.8, 4) is 0 Å². The van der Waals surface area contributed by atoms with Gasteiger partial charge >= 0.3 is 0 Å². The first kappa shape index (κ1) is 12.0. The van der Waals surface area contributed by atoms with Crippen LogP contribution in [0.3, 0.4) is 0 Å². The van der Waals surface area contributed by atoms with E-state index < -0.39 is 0 Å². The number of aromatic nitrogens is 3. The summed E-state index contributed by atoms with van der Waals surface area (Å²) in [6.07, 6.45) is 1.71. The number of aryl methyl sites for hydroxylation is 1. The van der Waals surface area contributed by atoms with E-state index in [4.69, 9.17) is 4.42 Å². The van der Waals surface area contributed by atoms with Gasteiger partial charge < -0.3 is 9.73 Å². The maximum absolute atomic E-state index is 5.36. The summed E-state index contributed by atoms with van der Waals surface area (Å²) in [5.74, 6) is 2.33. The molecular weight excluding hydrogens is 236 g/mol. The molecule has 2 heterocycles. The first-order chi connectivity index (χ1) is 7.95. The number of nitrogens with one attached hydrogen (secondary N) is 1. The number of rotatable bonds is 3. The van der Waals surface area contributed by atoms with E-state index in [-0.39, 0.29) is 5.41 Å². The molecule has 0 aromatic carbocycles. The van der Waals surface area contributed by atoms with Gasteiger partial charge in [0.25, 0.3) is 0 Å². The highest BCUT2D eigenvalue weighted by Crippen LogP contribution is 2.23. The van der Waals surface area contributed by atoms with E-state index >= 15 is 0 Å². The van der Waals surface area contributed by atoms with Gasteiger partial charge in [0.15, 0.2) is 0 Å². The molecule has 2 aromatic rings. The van der Waals surface area contributed by atoms with E-state index in [2.05, 4.69) is 40.4 Å². The van der Waals surface area contributed by atoms with Crippen molar-refractivity contribution < 1.29 is 4.42 Å². The maximum atomic E-state index is 5.36. The van der Waals surface area contributed by atoms with Gasteiger partial charge in [-0.15, -0.1) is 0 Å². The predicted molar refractivity (Wildman–Crippen MR) is 67.2 cm³/mol. The van der Waals surface area contributed by atoms with Crippen LogP contribution in [-0.4, -0.2) is 14.3 Å². The summed E-state index contributed by atoms with van der Waals surface area (Å²) in [4.78, 5) is 8.54. The van der Waals surface area contributed by atoms with Crippen molar-refractivity contribution in [1.29, 1.82) is 0 Å². The standard InChI is InChI=1S/C11H16N4OS/c1-7-5-12-8(16-7)6-13-10-14-9(15-17-10)11(2,3)4/h5H,6H2,1-4H3,(H,13,14,15). The maximum Gasteiger partial charge on any atom is 0.213 e. The minimum Gasteiger partial charge on any atom is -0.444 e. The molecule has 0 saturated heterocycles. The van der Waals surface area contributed by atoms with E-state index in [1.807, 2.05) is 6.92 Å². The fourth-order valence-electron chi connectivity index (χ4n) is 1.23. The molecule has 5 nitrogen and oxygen atoms in total. The summed E-state index contributed by atoms with van der Waals surface area (Å²) < 4.78 is 9.68. The summed E-state index contributed by atoms with van der Waals surface area (Å²) in [7, 11) is 0. The van der Waals surface area contributed by atoms with Crippen LogP contribution in [0, 0.1) is 6.92 Å². The lowest BCUT2D eigenvalue weighted by molar-refractivity contribution is 0.479. The molecule has 0 aliphatic carbocycles. The van der Waals surface area contributed by atoms with Crippen LogP contribution in [0.15, 0.2) is 10.6 Å². The Morgan fingerprint density at radius 2 is 2.18 bits per heavy atom. The van der Waals surface area contributed by atoms with Gasteiger partial charge in [0.05, 0.1) is 12.7 Å². The molecule has 2 aromatic heterocycles. The fourth-order valence-corrected chi connectivity index (χ4v) is 1.99. The Balaban J connectivity index is 1.98. The van der Waals surface area contributed by atoms with Crippen molar-refractivity contribution in [3.63, 3.8) is 0 Å². The second-order valence-electron chi connectivity index (χ2n) is 4.89. The molecule has 0 spiro atoms. The molecule has 0 aliphatic rings. The van der Waals surface area contributed by atoms with Crippen molar-refractivity contribution >= 4 is 16.7 Å². The quantitative estimate of drug-likeness (QED) is 0.910. The summed E-state index contributed by atoms with van der Waals surface area (Å²) in [5.41, 5.74) is -0.0179. The third kappa shape index (κ3) is 3.03. The third-order valence-corrected chi connectivity index (χ3v) is 2.83. The predicted octanol–water partition coefficient (Wildman–Crippen LogP) is 2.74. The molecule has 92 valence electrons. The lowest BCUT2D eigenvalue weighted by Gasteiger charge is -2.12. The highest BCUT2D eigenvalue weighted by Gasteiger charge is 2.19. The average molecular weight is 252 g/mol. The first-order valence-electron chi connectivity index (χ1n) is 5.44. The number of hydrogen-bond donors (Lipinski definition) is 1. The highest BCUT2D eigenvalue weighted by atomic mass is 32.1. The minimum absolute atomic E-state index is 0.0179. The first-order valence-corrected chi connectivity index (χ1v) is 6.22. The van der Waals surface area contributed by atoms with Gasteiger partial charge in [0.1, 0.15) is 11.6 Å². The number of hydrogen-bond acceptors (Lipinski definition) is 6. The van der Waals surface area contributed by atoms with Crippen LogP contribution in [0.25, 0.3) is 0 Å². The molecule has 2 rings (SSSR count). The Labute approximate surface area is 104 Å². The largest absolute Gasteiger partial charge is 0.444 e. The molecule has 0 bridgehead atoms. The summed E-state index contributed by atoms with van der Waals surface area (Å²) in [5, 5.41) is 3.95. The Kier molecular flexibility index (Phi) is 3.15. The van der Waals surface area contributed by atoms with Crippen LogP contribution in [0.4, 0.5) is 5.13 Å². The zero-order valence-corrected chi connectivity index (χ0v) is 11.3. The van der Waals surface area contributed by atoms with E-state index in [0.29, 0.717) is 12.4 Å². The normalized spacial score (nSPS) is 11.8. The molecule has 0 aliphatic heterocycles. The van der Waals surface area contributed by atoms with Crippen LogP contribution in [0.5, 0.6) is 0 Å². The van der Waals surface area contributed by atoms with Crippen LogP contribution >= 0.6 is 11.5 Å². The Bertz CT molecular complexity index is 498. The molecule has 0 amide bonds. The third-order valence-electron chi connectivity index (χ3n) is 2.16. The number of oxazole rings is 1. The molecule has 0 saturated carbocycles. The monoisotopic (exact) mass is 252 g/mol. The summed E-state index contributed by atoms with van der Waals surface area (Å²) in [6, 6.07) is 0. The Morgan fingerprint density at radius 3 is 2.71 bits per heavy atom. The van der Waals surface area contributed by atoms with E-state index in [9.17, 15) is 0 Å². The second kappa shape index (κ2) is 4.44. The molecule has 0 atom stereocenters. The van der Waals surface area contributed by atoms with Crippen molar-refractivity contribution in [2.24, 2.45) is 0 Å². The smallest absolute Gasteiger partial charge is 0.213 e. The van der Waals surface area contributed by atoms with Gasteiger partial charge in [-0.3, -0.25) is 0 Å². The lowest BCUT2D eigenvalue weighted by atomic mass is 9.96. The molecule has 6 heteroatoms. The Morgan fingerprint density at radius 1 is 1.41 bits per heavy atom. The van der Waals surface area contributed by atoms with Crippen molar-refractivity contribution in [3.05, 3.63) is 23.7 Å². The van der Waals surface area contributed by atoms with Crippen molar-refractivity contribution in [2.75, 3.05) is 5.32 Å². The van der Waals surface area contributed by atoms with Crippen LogP contribution in [0.2, 0.25) is 0 Å². The van der Waals surface area contributed by atoms with Gasteiger partial charge in [0.2, 0.25) is 11.0 Å². The second-order valence-corrected chi connectivity index (χ2v) is 5.64. The highest BCUT2D eigenvalue weighted by molar-refractivity contribution is 7.09. The fraction of sp³-hybridized carbons (Fsp3) is 0.545. The van der Waals surface area contributed by atoms with E-state index in [1.54, 1.807) is 6.20 Å². The number of anilines is 1. The molecule has 1 N–H and O–H groups in total. The van der Waals surface area contributed by atoms with E-state index in [0.717, 1.165) is 16.7 Å². The van der Waals surface area contributed by atoms with Crippen LogP contribution < -0.4 is 5.32 Å². The molecular formula is C11H16N4OS. The molecule has 0 radical (unpaired) electrons. The Hall–Kier alpha value is -1.43. The summed E-state index contributed by atoms with van der Waals surface area (Å²) in [6.45, 7) is 8.69. The van der Waals surface area contributed by atoms with Crippen molar-refractivity contribution in [1.82, 2.24) is 14.3 Å². The van der Waals surface area contributed by atoms with Gasteiger partial charge in [-0.05, 0) is 6.92 Å². The van der Waals surface area contributed by atoms with Gasteiger partial charge in [-0.1, -0.05) is 20.8 Å². The topological polar surface area (TPSA) is 63.8 Å². The molecule has 0 unspecified atom stereocenters. The lowest BCUT2D eigenvalue weighted by Crippen LogP contribution is -2.13. The van der Waals surface area contributed by atoms with Gasteiger partial charge in [-0.2, -0.15) is 4.37 Å². The molecule has 0 fully saturated rings. The van der Waals surface area contributed by atoms with Crippen LogP contribution in [-0.2, 0) is 12.0 Å². The average Bonchev–Trinajstić information content (AvgIpc) is 2.82. The van der Waals surface area contributed by atoms with Crippen molar-refractivity contribution in [2.45, 2.75) is 39.7 Å². The number of nitrogens with zero attached hydrogens (tertiary/aromatic N) is 3. The van der Waals surface area contributed by atoms with Gasteiger partial charge in [0, 0.05) is 16.9 Å².